The number of carbonyl (C=O) groups is 1. The van der Waals surface area contributed by atoms with Crippen LogP contribution in [0.5, 0.6) is 5.75 Å². The number of carbonyl (C=O) groups excluding carboxylic acids is 1. The van der Waals surface area contributed by atoms with E-state index in [9.17, 15) is 29.6 Å². The molecule has 1 aliphatic heterocycles. The average Bonchev–Trinajstić information content (AvgIpc) is 2.75. The van der Waals surface area contributed by atoms with Crippen molar-refractivity contribution < 1.29 is 39.1 Å². The maximum atomic E-state index is 13.8. The fourth-order valence-corrected chi connectivity index (χ4v) is 3.17. The number of aliphatic hydroxyl groups is 4. The van der Waals surface area contributed by atoms with Gasteiger partial charge in [-0.05, 0) is 30.7 Å². The van der Waals surface area contributed by atoms with Gasteiger partial charge in [0, 0.05) is 0 Å². The van der Waals surface area contributed by atoms with Crippen LogP contribution in [0.4, 0.5) is 4.39 Å². The molecule has 162 valence electrons. The Hall–Kier alpha value is -2.56. The van der Waals surface area contributed by atoms with Gasteiger partial charge in [-0.1, -0.05) is 30.3 Å². The summed E-state index contributed by atoms with van der Waals surface area (Å²) in [5.74, 6) is -1.39. The highest BCUT2D eigenvalue weighted by atomic mass is 19.1. The molecule has 0 radical (unpaired) electrons. The van der Waals surface area contributed by atoms with Gasteiger partial charge in [0.1, 0.15) is 36.0 Å². The highest BCUT2D eigenvalue weighted by Crippen LogP contribution is 2.27. The molecule has 6 unspecified atom stereocenters. The summed E-state index contributed by atoms with van der Waals surface area (Å²) >= 11 is 0. The molecule has 0 saturated carbocycles. The molecule has 0 aromatic heterocycles. The summed E-state index contributed by atoms with van der Waals surface area (Å²) in [4.78, 5) is 12.8. The molecule has 0 bridgehead atoms. The van der Waals surface area contributed by atoms with Crippen molar-refractivity contribution in [2.24, 2.45) is 0 Å². The topological polar surface area (TPSA) is 128 Å². The van der Waals surface area contributed by atoms with Crippen LogP contribution in [0.25, 0.3) is 0 Å². The molecule has 1 fully saturated rings. The molecule has 2 aromatic rings. The van der Waals surface area contributed by atoms with Gasteiger partial charge in [-0.3, -0.25) is 4.79 Å². The molecular weight excluding hydrogens is 397 g/mol. The molecular formula is C21H24FNO7. The summed E-state index contributed by atoms with van der Waals surface area (Å²) in [7, 11) is 0. The van der Waals surface area contributed by atoms with Crippen molar-refractivity contribution in [1.29, 1.82) is 0 Å². The lowest BCUT2D eigenvalue weighted by molar-refractivity contribution is -0.277. The Morgan fingerprint density at radius 1 is 1.13 bits per heavy atom. The van der Waals surface area contributed by atoms with E-state index in [-0.39, 0.29) is 17.4 Å². The summed E-state index contributed by atoms with van der Waals surface area (Å²) in [6.07, 6.45) is -7.52. The second-order valence-corrected chi connectivity index (χ2v) is 7.06. The first-order valence-electron chi connectivity index (χ1n) is 9.44. The molecule has 1 aliphatic rings. The van der Waals surface area contributed by atoms with Crippen LogP contribution in [-0.4, -0.2) is 63.6 Å². The Bertz CT molecular complexity index is 864. The lowest BCUT2D eigenvalue weighted by Gasteiger charge is -2.39. The molecule has 1 heterocycles. The number of amides is 1. The van der Waals surface area contributed by atoms with Crippen molar-refractivity contribution in [1.82, 2.24) is 5.32 Å². The average molecular weight is 421 g/mol. The van der Waals surface area contributed by atoms with E-state index in [1.54, 1.807) is 6.92 Å². The minimum absolute atomic E-state index is 0.0986. The number of aliphatic hydroxyl groups excluding tert-OH is 4. The van der Waals surface area contributed by atoms with Crippen LogP contribution in [0, 0.1) is 5.82 Å². The molecule has 5 N–H and O–H groups in total. The number of ether oxygens (including phenoxy) is 2. The van der Waals surface area contributed by atoms with E-state index in [0.29, 0.717) is 0 Å². The van der Waals surface area contributed by atoms with Crippen molar-refractivity contribution in [3.63, 3.8) is 0 Å². The Balaban J connectivity index is 1.80. The molecule has 2 aromatic carbocycles. The van der Waals surface area contributed by atoms with E-state index < -0.39 is 49.0 Å². The van der Waals surface area contributed by atoms with Gasteiger partial charge in [0.15, 0.2) is 0 Å². The largest absolute Gasteiger partial charge is 0.461 e. The summed E-state index contributed by atoms with van der Waals surface area (Å²) in [5.41, 5.74) is 0.702. The van der Waals surface area contributed by atoms with E-state index in [0.717, 1.165) is 17.7 Å². The molecule has 9 heteroatoms. The molecule has 8 nitrogen and oxygen atoms in total. The number of hydrogen-bond donors (Lipinski definition) is 5. The van der Waals surface area contributed by atoms with Crippen LogP contribution in [0.1, 0.15) is 28.9 Å². The Morgan fingerprint density at radius 2 is 1.83 bits per heavy atom. The van der Waals surface area contributed by atoms with Crippen molar-refractivity contribution in [2.45, 2.75) is 43.7 Å². The lowest BCUT2D eigenvalue weighted by atomic mass is 9.99. The van der Waals surface area contributed by atoms with Crippen molar-refractivity contribution in [3.8, 4) is 5.75 Å². The van der Waals surface area contributed by atoms with Crippen LogP contribution in [0.2, 0.25) is 0 Å². The van der Waals surface area contributed by atoms with Gasteiger partial charge in [0.2, 0.25) is 6.29 Å². The summed E-state index contributed by atoms with van der Waals surface area (Å²) in [6.45, 7) is 1.14. The molecule has 1 saturated heterocycles. The first-order chi connectivity index (χ1) is 14.3. The zero-order valence-corrected chi connectivity index (χ0v) is 16.2. The Kier molecular flexibility index (Phi) is 7.01. The van der Waals surface area contributed by atoms with Gasteiger partial charge in [-0.15, -0.1) is 0 Å². The first-order valence-corrected chi connectivity index (χ1v) is 9.44. The summed E-state index contributed by atoms with van der Waals surface area (Å²) < 4.78 is 24.7. The van der Waals surface area contributed by atoms with Crippen molar-refractivity contribution in [3.05, 3.63) is 65.5 Å². The zero-order chi connectivity index (χ0) is 21.8. The van der Waals surface area contributed by atoms with Crippen LogP contribution in [0.15, 0.2) is 48.5 Å². The maximum absolute atomic E-state index is 13.8. The minimum Gasteiger partial charge on any atom is -0.461 e. The number of halogens is 1. The fraction of sp³-hybridized carbons (Fsp3) is 0.381. The van der Waals surface area contributed by atoms with Crippen LogP contribution in [-0.2, 0) is 4.74 Å². The molecule has 30 heavy (non-hydrogen) atoms. The zero-order valence-electron chi connectivity index (χ0n) is 16.2. The first kappa shape index (κ1) is 22.1. The van der Waals surface area contributed by atoms with Crippen molar-refractivity contribution in [2.75, 3.05) is 6.61 Å². The van der Waals surface area contributed by atoms with E-state index in [2.05, 4.69) is 5.32 Å². The smallest absolute Gasteiger partial charge is 0.255 e. The highest BCUT2D eigenvalue weighted by Gasteiger charge is 2.45. The van der Waals surface area contributed by atoms with Gasteiger partial charge >= 0.3 is 0 Å². The fourth-order valence-electron chi connectivity index (χ4n) is 3.17. The van der Waals surface area contributed by atoms with E-state index in [1.165, 1.54) is 6.07 Å². The van der Waals surface area contributed by atoms with Crippen LogP contribution in [0.3, 0.4) is 0 Å². The SMILES string of the molecule is CC(NC(=O)c1cc(F)ccc1OC1OC(CO)C(O)C(O)C1O)c1ccccc1. The molecule has 3 rings (SSSR count). The Morgan fingerprint density at radius 3 is 2.50 bits per heavy atom. The monoisotopic (exact) mass is 421 g/mol. The molecule has 0 aliphatic carbocycles. The second kappa shape index (κ2) is 9.50. The third kappa shape index (κ3) is 4.77. The maximum Gasteiger partial charge on any atom is 0.255 e. The minimum atomic E-state index is -1.66. The normalized spacial score (nSPS) is 27.3. The quantitative estimate of drug-likeness (QED) is 0.459. The van der Waals surface area contributed by atoms with Gasteiger partial charge in [0.25, 0.3) is 5.91 Å². The van der Waals surface area contributed by atoms with E-state index in [1.807, 2.05) is 30.3 Å². The number of nitrogens with one attached hydrogen (secondary N) is 1. The second-order valence-electron chi connectivity index (χ2n) is 7.06. The van der Waals surface area contributed by atoms with E-state index in [4.69, 9.17) is 9.47 Å². The predicted molar refractivity (Wildman–Crippen MR) is 103 cm³/mol. The van der Waals surface area contributed by atoms with Gasteiger partial charge in [-0.25, -0.2) is 4.39 Å². The van der Waals surface area contributed by atoms with Crippen LogP contribution >= 0.6 is 0 Å². The molecule has 0 spiro atoms. The molecule has 1 amide bonds. The van der Waals surface area contributed by atoms with E-state index >= 15 is 0 Å². The number of hydrogen-bond acceptors (Lipinski definition) is 7. The summed E-state index contributed by atoms with van der Waals surface area (Å²) in [6, 6.07) is 12.0. The van der Waals surface area contributed by atoms with Gasteiger partial charge < -0.3 is 35.2 Å². The summed E-state index contributed by atoms with van der Waals surface area (Å²) in [5, 5.41) is 41.9. The number of benzene rings is 2. The molecule has 6 atom stereocenters. The predicted octanol–water partition coefficient (Wildman–Crippen LogP) is 0.495. The highest BCUT2D eigenvalue weighted by molar-refractivity contribution is 5.97. The van der Waals surface area contributed by atoms with Crippen molar-refractivity contribution >= 4 is 5.91 Å². The third-order valence-electron chi connectivity index (χ3n) is 4.92. The third-order valence-corrected chi connectivity index (χ3v) is 4.92. The standard InChI is InChI=1S/C21H24FNO7/c1-11(12-5-3-2-4-6-12)23-20(28)14-9-13(22)7-8-15(14)29-21-19(27)18(26)17(25)16(10-24)30-21/h2-9,11,16-19,21,24-27H,10H2,1H3,(H,23,28). The lowest BCUT2D eigenvalue weighted by Crippen LogP contribution is -2.60. The Labute approximate surface area is 172 Å². The number of rotatable bonds is 6. The van der Waals surface area contributed by atoms with Gasteiger partial charge in [-0.2, -0.15) is 0 Å². The van der Waals surface area contributed by atoms with Gasteiger partial charge in [0.05, 0.1) is 18.2 Å². The van der Waals surface area contributed by atoms with Crippen LogP contribution < -0.4 is 10.1 Å².